The zero-order valence-electron chi connectivity index (χ0n) is 11.8. The van der Waals surface area contributed by atoms with Crippen LogP contribution < -0.4 is 0 Å². The van der Waals surface area contributed by atoms with Gasteiger partial charge in [0.25, 0.3) is 5.91 Å². The van der Waals surface area contributed by atoms with Crippen molar-refractivity contribution in [3.63, 3.8) is 0 Å². The summed E-state index contributed by atoms with van der Waals surface area (Å²) in [5.41, 5.74) is 0.298. The Labute approximate surface area is 128 Å². The van der Waals surface area contributed by atoms with E-state index < -0.39 is 10.0 Å². The summed E-state index contributed by atoms with van der Waals surface area (Å²) in [7, 11) is -3.61. The van der Waals surface area contributed by atoms with Crippen LogP contribution in [0.3, 0.4) is 0 Å². The van der Waals surface area contributed by atoms with Gasteiger partial charge in [-0.3, -0.25) is 9.36 Å². The van der Waals surface area contributed by atoms with Gasteiger partial charge in [0.1, 0.15) is 6.33 Å². The fourth-order valence-electron chi connectivity index (χ4n) is 2.25. The minimum absolute atomic E-state index is 0.111. The molecule has 1 fully saturated rings. The lowest BCUT2D eigenvalue weighted by Crippen LogP contribution is -2.40. The number of benzene rings is 1. The number of hydrogen-bond donors (Lipinski definition) is 0. The summed E-state index contributed by atoms with van der Waals surface area (Å²) in [5, 5.41) is 0. The number of hydrogen-bond acceptors (Lipinski definition) is 5. The Morgan fingerprint density at radius 3 is 2.68 bits per heavy atom. The molecule has 0 amide bonds. The molecule has 0 spiro atoms. The number of ether oxygens (including phenoxy) is 1. The second-order valence-electron chi connectivity index (χ2n) is 4.82. The van der Waals surface area contributed by atoms with E-state index in [1.54, 1.807) is 12.1 Å². The molecule has 22 heavy (non-hydrogen) atoms. The van der Waals surface area contributed by atoms with Crippen LogP contribution in [0.5, 0.6) is 0 Å². The molecule has 0 N–H and O–H groups in total. The highest BCUT2D eigenvalue weighted by atomic mass is 32.2. The predicted molar refractivity (Wildman–Crippen MR) is 78.0 cm³/mol. The number of sulfonamides is 1. The summed E-state index contributed by atoms with van der Waals surface area (Å²) in [6.45, 7) is 1.41. The van der Waals surface area contributed by atoms with Crippen molar-refractivity contribution in [1.29, 1.82) is 0 Å². The molecule has 1 aromatic heterocycles. The molecule has 0 unspecified atom stereocenters. The lowest BCUT2D eigenvalue weighted by Gasteiger charge is -2.26. The number of carbonyl (C=O) groups excluding carboxylic acids is 1. The maximum Gasteiger partial charge on any atom is 0.263 e. The molecule has 0 aliphatic carbocycles. The van der Waals surface area contributed by atoms with E-state index >= 15 is 0 Å². The van der Waals surface area contributed by atoms with E-state index in [-0.39, 0.29) is 10.8 Å². The molecule has 7 nitrogen and oxygen atoms in total. The molecule has 0 saturated carbocycles. The topological polar surface area (TPSA) is 81.5 Å². The third-order valence-corrected chi connectivity index (χ3v) is 5.32. The van der Waals surface area contributed by atoms with E-state index in [1.807, 2.05) is 0 Å². The molecule has 0 radical (unpaired) electrons. The molecule has 116 valence electrons. The predicted octanol–water partition coefficient (Wildman–Crippen LogP) is 0.592. The van der Waals surface area contributed by atoms with Crippen LogP contribution in [0.15, 0.2) is 47.9 Å². The van der Waals surface area contributed by atoms with Crippen LogP contribution in [0.2, 0.25) is 0 Å². The number of rotatable bonds is 3. The summed E-state index contributed by atoms with van der Waals surface area (Å²) >= 11 is 0. The Morgan fingerprint density at radius 2 is 2.00 bits per heavy atom. The number of imidazole rings is 1. The molecular weight excluding hydrogens is 306 g/mol. The Morgan fingerprint density at radius 1 is 1.23 bits per heavy atom. The maximum absolute atomic E-state index is 12.6. The van der Waals surface area contributed by atoms with Crippen molar-refractivity contribution in [3.8, 4) is 0 Å². The Kier molecular flexibility index (Phi) is 4.06. The van der Waals surface area contributed by atoms with Crippen LogP contribution in [0.4, 0.5) is 0 Å². The molecule has 2 aromatic rings. The van der Waals surface area contributed by atoms with Gasteiger partial charge < -0.3 is 4.74 Å². The standard InChI is InChI=1S/C14H15N3O4S/c18-14(16-5-4-15-11-16)12-2-1-3-13(10-12)22(19,20)17-6-8-21-9-7-17/h1-5,10-11H,6-9H2. The van der Waals surface area contributed by atoms with E-state index in [9.17, 15) is 13.2 Å². The zero-order valence-corrected chi connectivity index (χ0v) is 12.6. The van der Waals surface area contributed by atoms with Gasteiger partial charge in [0.15, 0.2) is 0 Å². The molecule has 1 aliphatic heterocycles. The summed E-state index contributed by atoms with van der Waals surface area (Å²) in [4.78, 5) is 16.2. The molecule has 3 rings (SSSR count). The lowest BCUT2D eigenvalue weighted by atomic mass is 10.2. The van der Waals surface area contributed by atoms with Crippen LogP contribution >= 0.6 is 0 Å². The average molecular weight is 321 g/mol. The fraction of sp³-hybridized carbons (Fsp3) is 0.286. The number of carbonyl (C=O) groups is 1. The van der Waals surface area contributed by atoms with Gasteiger partial charge in [-0.25, -0.2) is 13.4 Å². The SMILES string of the molecule is O=C(c1cccc(S(=O)(=O)N2CCOCC2)c1)n1ccnc1. The first-order valence-electron chi connectivity index (χ1n) is 6.80. The van der Waals surface area contributed by atoms with Crippen LogP contribution in [-0.2, 0) is 14.8 Å². The Hall–Kier alpha value is -2.03. The van der Waals surface area contributed by atoms with Gasteiger partial charge >= 0.3 is 0 Å². The second-order valence-corrected chi connectivity index (χ2v) is 6.76. The van der Waals surface area contributed by atoms with Crippen LogP contribution in [0.25, 0.3) is 0 Å². The number of morpholine rings is 1. The van der Waals surface area contributed by atoms with E-state index in [0.717, 1.165) is 0 Å². The summed E-state index contributed by atoms with van der Waals surface area (Å²) in [5.74, 6) is -0.323. The van der Waals surface area contributed by atoms with Crippen molar-refractivity contribution in [2.45, 2.75) is 4.90 Å². The Balaban J connectivity index is 1.92. The van der Waals surface area contributed by atoms with Gasteiger partial charge in [-0.05, 0) is 18.2 Å². The van der Waals surface area contributed by atoms with Gasteiger partial charge in [0.05, 0.1) is 18.1 Å². The van der Waals surface area contributed by atoms with E-state index in [1.165, 1.54) is 39.7 Å². The smallest absolute Gasteiger partial charge is 0.263 e. The largest absolute Gasteiger partial charge is 0.379 e. The van der Waals surface area contributed by atoms with Gasteiger partial charge in [-0.15, -0.1) is 0 Å². The third kappa shape index (κ3) is 2.80. The summed E-state index contributed by atoms with van der Waals surface area (Å²) in [6, 6.07) is 6.04. The molecule has 0 bridgehead atoms. The van der Waals surface area contributed by atoms with Crippen LogP contribution in [0, 0.1) is 0 Å². The summed E-state index contributed by atoms with van der Waals surface area (Å²) in [6.07, 6.45) is 4.39. The van der Waals surface area contributed by atoms with Crippen molar-refractivity contribution >= 4 is 15.9 Å². The molecule has 8 heteroatoms. The molecule has 1 aromatic carbocycles. The average Bonchev–Trinajstić information content (AvgIpc) is 3.09. The highest BCUT2D eigenvalue weighted by molar-refractivity contribution is 7.89. The molecule has 0 atom stereocenters. The van der Waals surface area contributed by atoms with E-state index in [0.29, 0.717) is 31.9 Å². The van der Waals surface area contributed by atoms with Crippen molar-refractivity contribution < 1.29 is 17.9 Å². The fourth-order valence-corrected chi connectivity index (χ4v) is 3.71. The first-order chi connectivity index (χ1) is 10.6. The molecule has 1 aliphatic rings. The normalized spacial score (nSPS) is 16.5. The van der Waals surface area contributed by atoms with Gasteiger partial charge in [0.2, 0.25) is 10.0 Å². The summed E-state index contributed by atoms with van der Waals surface area (Å²) < 4.78 is 33.0. The van der Waals surface area contributed by atoms with Gasteiger partial charge in [0, 0.05) is 31.0 Å². The third-order valence-electron chi connectivity index (χ3n) is 3.43. The van der Waals surface area contributed by atoms with Crippen molar-refractivity contribution in [1.82, 2.24) is 13.9 Å². The molecule has 2 heterocycles. The minimum atomic E-state index is -3.61. The lowest BCUT2D eigenvalue weighted by molar-refractivity contribution is 0.0730. The quantitative estimate of drug-likeness (QED) is 0.826. The van der Waals surface area contributed by atoms with E-state index in [2.05, 4.69) is 4.98 Å². The van der Waals surface area contributed by atoms with Crippen LogP contribution in [0.1, 0.15) is 10.4 Å². The maximum atomic E-state index is 12.6. The number of nitrogens with zero attached hydrogens (tertiary/aromatic N) is 3. The monoisotopic (exact) mass is 321 g/mol. The first-order valence-corrected chi connectivity index (χ1v) is 8.24. The van der Waals surface area contributed by atoms with Crippen molar-refractivity contribution in [3.05, 3.63) is 48.5 Å². The minimum Gasteiger partial charge on any atom is -0.379 e. The molecular formula is C14H15N3O4S. The second kappa shape index (κ2) is 5.99. The van der Waals surface area contributed by atoms with E-state index in [4.69, 9.17) is 4.74 Å². The number of aromatic nitrogens is 2. The first kappa shape index (κ1) is 14.9. The van der Waals surface area contributed by atoms with Gasteiger partial charge in [-0.1, -0.05) is 6.07 Å². The zero-order chi connectivity index (χ0) is 15.6. The Bertz CT molecular complexity index is 765. The van der Waals surface area contributed by atoms with Crippen LogP contribution in [-0.4, -0.2) is 54.5 Å². The van der Waals surface area contributed by atoms with Crippen molar-refractivity contribution in [2.24, 2.45) is 0 Å². The molecule has 1 saturated heterocycles. The van der Waals surface area contributed by atoms with Gasteiger partial charge in [-0.2, -0.15) is 4.31 Å². The highest BCUT2D eigenvalue weighted by Gasteiger charge is 2.26. The van der Waals surface area contributed by atoms with Crippen molar-refractivity contribution in [2.75, 3.05) is 26.3 Å². The highest BCUT2D eigenvalue weighted by Crippen LogP contribution is 2.18.